The summed E-state index contributed by atoms with van der Waals surface area (Å²) in [5.74, 6) is 0.655. The van der Waals surface area contributed by atoms with Gasteiger partial charge < -0.3 is 24.0 Å². The van der Waals surface area contributed by atoms with Crippen LogP contribution in [0.4, 0.5) is 10.2 Å². The van der Waals surface area contributed by atoms with E-state index in [1.807, 2.05) is 18.2 Å². The summed E-state index contributed by atoms with van der Waals surface area (Å²) in [6.07, 6.45) is 2.09. The van der Waals surface area contributed by atoms with E-state index < -0.39 is 11.8 Å². The molecule has 11 heteroatoms. The largest absolute Gasteiger partial charge is 0.478 e. The van der Waals surface area contributed by atoms with Crippen LogP contribution in [0.1, 0.15) is 47.1 Å². The summed E-state index contributed by atoms with van der Waals surface area (Å²) in [5.41, 5.74) is 2.47. The molecule has 2 atom stereocenters. The van der Waals surface area contributed by atoms with E-state index in [0.29, 0.717) is 24.5 Å². The highest BCUT2D eigenvalue weighted by Gasteiger charge is 2.28. The van der Waals surface area contributed by atoms with Gasteiger partial charge in [0.15, 0.2) is 0 Å². The third-order valence-corrected chi connectivity index (χ3v) is 8.18. The summed E-state index contributed by atoms with van der Waals surface area (Å²) in [5, 5.41) is 18.5. The minimum Gasteiger partial charge on any atom is -0.478 e. The van der Waals surface area contributed by atoms with Crippen molar-refractivity contribution in [1.29, 1.82) is 5.26 Å². The lowest BCUT2D eigenvalue weighted by molar-refractivity contribution is 0.0697. The smallest absolute Gasteiger partial charge is 0.335 e. The van der Waals surface area contributed by atoms with Gasteiger partial charge >= 0.3 is 5.97 Å². The highest BCUT2D eigenvalue weighted by molar-refractivity contribution is 5.92. The lowest BCUT2D eigenvalue weighted by Gasteiger charge is -2.40. The number of carboxylic acid groups (broad SMARTS) is 1. The number of carboxylic acids is 1. The predicted octanol–water partition coefficient (Wildman–Crippen LogP) is 4.61. The Morgan fingerprint density at radius 3 is 2.81 bits per heavy atom. The number of carbonyl (C=O) groups is 1. The summed E-state index contributed by atoms with van der Waals surface area (Å²) in [4.78, 5) is 25.9. The molecule has 2 saturated heterocycles. The molecule has 222 valence electrons. The van der Waals surface area contributed by atoms with E-state index in [4.69, 9.17) is 19.7 Å². The van der Waals surface area contributed by atoms with Crippen molar-refractivity contribution in [3.63, 3.8) is 0 Å². The maximum atomic E-state index is 14.3. The van der Waals surface area contributed by atoms with Gasteiger partial charge in [0.05, 0.1) is 47.4 Å². The molecule has 0 spiro atoms. The molecule has 2 fully saturated rings. The Morgan fingerprint density at radius 2 is 2.07 bits per heavy atom. The summed E-state index contributed by atoms with van der Waals surface area (Å²) in [7, 11) is 0. The van der Waals surface area contributed by atoms with E-state index in [-0.39, 0.29) is 29.9 Å². The molecule has 2 aliphatic rings. The Bertz CT molecular complexity index is 1680. The third kappa shape index (κ3) is 6.30. The minimum atomic E-state index is -0.956. The number of hydrogen-bond donors (Lipinski definition) is 1. The van der Waals surface area contributed by atoms with Crippen molar-refractivity contribution in [3.8, 4) is 11.9 Å². The molecule has 2 aromatic carbocycles. The number of benzene rings is 2. The van der Waals surface area contributed by atoms with Crippen LogP contribution in [-0.2, 0) is 24.4 Å². The number of fused-ring (bicyclic) bond motifs is 1. The fourth-order valence-electron chi connectivity index (χ4n) is 5.79. The van der Waals surface area contributed by atoms with Gasteiger partial charge in [-0.05, 0) is 56.2 Å². The second-order valence-corrected chi connectivity index (χ2v) is 11.1. The monoisotopic (exact) mass is 584 g/mol. The number of pyridine rings is 1. The zero-order chi connectivity index (χ0) is 29.9. The Kier molecular flexibility index (Phi) is 8.22. The number of nitriles is 1. The number of piperazine rings is 1. The number of aromatic nitrogens is 3. The summed E-state index contributed by atoms with van der Waals surface area (Å²) in [6, 6.07) is 17.1. The molecule has 0 amide bonds. The first-order chi connectivity index (χ1) is 20.9. The van der Waals surface area contributed by atoms with E-state index in [1.165, 1.54) is 6.07 Å². The van der Waals surface area contributed by atoms with Gasteiger partial charge in [0, 0.05) is 43.9 Å². The number of aromatic carboxylic acids is 1. The van der Waals surface area contributed by atoms with Gasteiger partial charge in [-0.15, -0.1) is 0 Å². The van der Waals surface area contributed by atoms with Gasteiger partial charge in [-0.1, -0.05) is 12.1 Å². The maximum absolute atomic E-state index is 14.3. The molecule has 1 unspecified atom stereocenters. The molecule has 6 rings (SSSR count). The fourth-order valence-corrected chi connectivity index (χ4v) is 5.79. The molecule has 10 nitrogen and oxygen atoms in total. The number of anilines is 1. The fraction of sp³-hybridized carbons (Fsp3) is 0.375. The highest BCUT2D eigenvalue weighted by atomic mass is 19.1. The standard InChI is InChI=1S/C32H33FN6O4/c1-21-17-38(29-5-2-6-31(36-29)43-20-24-8-7-22(16-34)14-26(24)33)12-11-37(21)19-30-35-27-10-9-23(32(40)41)15-28(27)39(30)18-25-4-3-13-42-25/h2,5-10,14-15,21,25H,3-4,11-13,17-20H2,1H3,(H,40,41)/t21-,25?/m0/s1. The summed E-state index contributed by atoms with van der Waals surface area (Å²) >= 11 is 0. The number of ether oxygens (including phenoxy) is 2. The van der Waals surface area contributed by atoms with E-state index in [9.17, 15) is 14.3 Å². The van der Waals surface area contributed by atoms with E-state index in [2.05, 4.69) is 26.3 Å². The lowest BCUT2D eigenvalue weighted by atomic mass is 10.1. The van der Waals surface area contributed by atoms with Gasteiger partial charge in [-0.25, -0.2) is 14.2 Å². The number of hydrogen-bond acceptors (Lipinski definition) is 8. The zero-order valence-corrected chi connectivity index (χ0v) is 23.9. The average Bonchev–Trinajstić information content (AvgIpc) is 3.65. The van der Waals surface area contributed by atoms with Crippen LogP contribution in [0.3, 0.4) is 0 Å². The maximum Gasteiger partial charge on any atom is 0.335 e. The average molecular weight is 585 g/mol. The Labute approximate surface area is 248 Å². The van der Waals surface area contributed by atoms with Gasteiger partial charge in [-0.2, -0.15) is 10.2 Å². The summed E-state index contributed by atoms with van der Waals surface area (Å²) in [6.45, 7) is 6.50. The van der Waals surface area contributed by atoms with Crippen LogP contribution >= 0.6 is 0 Å². The first kappa shape index (κ1) is 28.6. The quantitative estimate of drug-likeness (QED) is 0.301. The second-order valence-electron chi connectivity index (χ2n) is 11.1. The molecule has 0 saturated carbocycles. The lowest BCUT2D eigenvalue weighted by Crippen LogP contribution is -2.52. The van der Waals surface area contributed by atoms with Crippen LogP contribution in [0, 0.1) is 17.1 Å². The van der Waals surface area contributed by atoms with Crippen molar-refractivity contribution >= 4 is 22.8 Å². The van der Waals surface area contributed by atoms with Crippen molar-refractivity contribution in [2.75, 3.05) is 31.1 Å². The number of nitrogens with zero attached hydrogens (tertiary/aromatic N) is 6. The van der Waals surface area contributed by atoms with E-state index >= 15 is 0 Å². The van der Waals surface area contributed by atoms with Gasteiger partial charge in [-0.3, -0.25) is 4.90 Å². The van der Waals surface area contributed by atoms with Crippen molar-refractivity contribution < 1.29 is 23.8 Å². The highest BCUT2D eigenvalue weighted by Crippen LogP contribution is 2.26. The Morgan fingerprint density at radius 1 is 1.19 bits per heavy atom. The molecule has 0 bridgehead atoms. The minimum absolute atomic E-state index is 0.0129. The number of rotatable bonds is 9. The van der Waals surface area contributed by atoms with E-state index in [1.54, 1.807) is 36.4 Å². The van der Waals surface area contributed by atoms with Gasteiger partial charge in [0.25, 0.3) is 0 Å². The predicted molar refractivity (Wildman–Crippen MR) is 157 cm³/mol. The number of halogens is 1. The molecule has 2 aromatic heterocycles. The van der Waals surface area contributed by atoms with Crippen LogP contribution < -0.4 is 9.64 Å². The van der Waals surface area contributed by atoms with Crippen molar-refractivity contribution in [3.05, 3.63) is 82.9 Å². The Hall–Kier alpha value is -4.53. The van der Waals surface area contributed by atoms with Gasteiger partial charge in [0.1, 0.15) is 24.1 Å². The first-order valence-electron chi connectivity index (χ1n) is 14.5. The van der Waals surface area contributed by atoms with Crippen LogP contribution in [0.15, 0.2) is 54.6 Å². The number of imidazole rings is 1. The molecule has 4 aromatic rings. The molecule has 0 aliphatic carbocycles. The van der Waals surface area contributed by atoms with E-state index in [0.717, 1.165) is 61.8 Å². The zero-order valence-electron chi connectivity index (χ0n) is 23.9. The van der Waals surface area contributed by atoms with Gasteiger partial charge in [0.2, 0.25) is 5.88 Å². The van der Waals surface area contributed by atoms with Crippen molar-refractivity contribution in [2.45, 2.75) is 51.6 Å². The first-order valence-corrected chi connectivity index (χ1v) is 14.5. The topological polar surface area (TPSA) is 117 Å². The molecule has 0 radical (unpaired) electrons. The molecular weight excluding hydrogens is 551 g/mol. The van der Waals surface area contributed by atoms with Crippen LogP contribution in [0.25, 0.3) is 11.0 Å². The SMILES string of the molecule is C[C@H]1CN(c2cccc(OCc3ccc(C#N)cc3F)n2)CCN1Cc1nc2ccc(C(=O)O)cc2n1CC1CCCO1. The third-order valence-electron chi connectivity index (χ3n) is 8.18. The molecule has 1 N–H and O–H groups in total. The van der Waals surface area contributed by atoms with Crippen LogP contribution in [0.2, 0.25) is 0 Å². The molecular formula is C32H33FN6O4. The molecule has 2 aliphatic heterocycles. The molecule has 43 heavy (non-hydrogen) atoms. The Balaban J connectivity index is 1.14. The summed E-state index contributed by atoms with van der Waals surface area (Å²) < 4.78 is 28.1. The molecule has 4 heterocycles. The van der Waals surface area contributed by atoms with Crippen molar-refractivity contribution in [1.82, 2.24) is 19.4 Å². The second kappa shape index (κ2) is 12.4. The normalized spacial score (nSPS) is 19.0. The van der Waals surface area contributed by atoms with Crippen LogP contribution in [-0.4, -0.2) is 68.9 Å². The van der Waals surface area contributed by atoms with Crippen LogP contribution in [0.5, 0.6) is 5.88 Å². The van der Waals surface area contributed by atoms with Crippen molar-refractivity contribution in [2.24, 2.45) is 0 Å².